The van der Waals surface area contributed by atoms with E-state index in [4.69, 9.17) is 4.74 Å². The Morgan fingerprint density at radius 3 is 2.76 bits per heavy atom. The first kappa shape index (κ1) is 15.3. The molecule has 110 valence electrons. The van der Waals surface area contributed by atoms with Gasteiger partial charge in [-0.3, -0.25) is 4.79 Å². The molecule has 1 heterocycles. The van der Waals surface area contributed by atoms with E-state index in [2.05, 4.69) is 11.9 Å². The number of ether oxygens (including phenoxy) is 1. The first-order valence-electron chi connectivity index (χ1n) is 6.83. The number of rotatable bonds is 7. The smallest absolute Gasteiger partial charge is 0.261 e. The second-order valence-electron chi connectivity index (χ2n) is 4.74. The predicted octanol–water partition coefficient (Wildman–Crippen LogP) is 3.70. The van der Waals surface area contributed by atoms with Crippen LogP contribution in [0.2, 0.25) is 0 Å². The number of aryl methyl sites for hydroxylation is 1. The lowest BCUT2D eigenvalue weighted by Gasteiger charge is -2.17. The van der Waals surface area contributed by atoms with Gasteiger partial charge >= 0.3 is 0 Å². The highest BCUT2D eigenvalue weighted by molar-refractivity contribution is 7.09. The average molecular weight is 301 g/mol. The summed E-state index contributed by atoms with van der Waals surface area (Å²) in [5, 5.41) is 4.89. The Labute approximate surface area is 129 Å². The highest BCUT2D eigenvalue weighted by atomic mass is 32.1. The number of hydrogen-bond donors (Lipinski definition) is 1. The Hall–Kier alpha value is -2.07. The van der Waals surface area contributed by atoms with Gasteiger partial charge < -0.3 is 10.1 Å². The number of thiophene rings is 1. The molecule has 1 amide bonds. The molecule has 3 nitrogen and oxygen atoms in total. The minimum Gasteiger partial charge on any atom is -0.480 e. The molecule has 0 bridgehead atoms. The third-order valence-corrected chi connectivity index (χ3v) is 3.87. The summed E-state index contributed by atoms with van der Waals surface area (Å²) >= 11 is 1.62. The van der Waals surface area contributed by atoms with Crippen LogP contribution in [0.25, 0.3) is 0 Å². The minimum atomic E-state index is -0.551. The summed E-state index contributed by atoms with van der Waals surface area (Å²) in [7, 11) is 0. The van der Waals surface area contributed by atoms with E-state index in [1.165, 1.54) is 0 Å². The van der Waals surface area contributed by atoms with E-state index >= 15 is 0 Å². The second-order valence-corrected chi connectivity index (χ2v) is 5.77. The second kappa shape index (κ2) is 7.64. The van der Waals surface area contributed by atoms with Gasteiger partial charge in [0, 0.05) is 11.3 Å². The quantitative estimate of drug-likeness (QED) is 0.792. The molecule has 1 N–H and O–H groups in total. The maximum atomic E-state index is 12.2. The van der Waals surface area contributed by atoms with Crippen molar-refractivity contribution in [3.05, 3.63) is 64.9 Å². The van der Waals surface area contributed by atoms with Crippen molar-refractivity contribution in [1.29, 1.82) is 0 Å². The Kier molecular flexibility index (Phi) is 5.58. The molecular formula is C17H19NO2S. The zero-order chi connectivity index (χ0) is 15.1. The lowest BCUT2D eigenvalue weighted by molar-refractivity contribution is -0.128. The van der Waals surface area contributed by atoms with Crippen LogP contribution in [0.5, 0.6) is 5.75 Å². The van der Waals surface area contributed by atoms with Gasteiger partial charge in [0.25, 0.3) is 5.91 Å². The van der Waals surface area contributed by atoms with Gasteiger partial charge in [0.05, 0.1) is 6.54 Å². The van der Waals surface area contributed by atoms with Crippen LogP contribution in [0.4, 0.5) is 0 Å². The Morgan fingerprint density at radius 1 is 1.38 bits per heavy atom. The van der Waals surface area contributed by atoms with Gasteiger partial charge in [0.1, 0.15) is 5.75 Å². The van der Waals surface area contributed by atoms with Gasteiger partial charge in [-0.1, -0.05) is 29.8 Å². The fraction of sp³-hybridized carbons (Fsp3) is 0.235. The van der Waals surface area contributed by atoms with Crippen LogP contribution in [0.3, 0.4) is 0 Å². The van der Waals surface area contributed by atoms with Crippen LogP contribution >= 0.6 is 11.3 Å². The maximum absolute atomic E-state index is 12.2. The van der Waals surface area contributed by atoms with Crippen molar-refractivity contribution in [1.82, 2.24) is 5.32 Å². The van der Waals surface area contributed by atoms with Gasteiger partial charge in [-0.15, -0.1) is 17.9 Å². The topological polar surface area (TPSA) is 38.3 Å². The van der Waals surface area contributed by atoms with Crippen LogP contribution in [-0.2, 0) is 11.3 Å². The largest absolute Gasteiger partial charge is 0.480 e. The summed E-state index contributed by atoms with van der Waals surface area (Å²) in [5.41, 5.74) is 1.16. The van der Waals surface area contributed by atoms with Gasteiger partial charge in [-0.2, -0.15) is 0 Å². The molecule has 0 saturated heterocycles. The van der Waals surface area contributed by atoms with Gasteiger partial charge in [0.15, 0.2) is 6.10 Å². The number of benzene rings is 1. The summed E-state index contributed by atoms with van der Waals surface area (Å²) in [4.78, 5) is 13.3. The van der Waals surface area contributed by atoms with Crippen molar-refractivity contribution in [2.24, 2.45) is 0 Å². The van der Waals surface area contributed by atoms with Crippen LogP contribution in [0.1, 0.15) is 16.9 Å². The molecule has 1 unspecified atom stereocenters. The third kappa shape index (κ3) is 4.76. The van der Waals surface area contributed by atoms with Crippen LogP contribution < -0.4 is 10.1 Å². The highest BCUT2D eigenvalue weighted by Crippen LogP contribution is 2.15. The fourth-order valence-corrected chi connectivity index (χ4v) is 2.49. The van der Waals surface area contributed by atoms with E-state index in [0.29, 0.717) is 18.7 Å². The number of carbonyl (C=O) groups excluding carboxylic acids is 1. The number of carbonyl (C=O) groups is 1. The molecule has 0 fully saturated rings. The fourth-order valence-electron chi connectivity index (χ4n) is 1.84. The molecule has 0 aliphatic carbocycles. The normalized spacial score (nSPS) is 11.7. The summed E-state index contributed by atoms with van der Waals surface area (Å²) in [6, 6.07) is 11.6. The van der Waals surface area contributed by atoms with Crippen molar-refractivity contribution >= 4 is 17.2 Å². The summed E-state index contributed by atoms with van der Waals surface area (Å²) in [5.74, 6) is 0.572. The maximum Gasteiger partial charge on any atom is 0.261 e. The Bertz CT molecular complexity index is 575. The van der Waals surface area contributed by atoms with Crippen molar-refractivity contribution < 1.29 is 9.53 Å². The third-order valence-electron chi connectivity index (χ3n) is 2.99. The van der Waals surface area contributed by atoms with E-state index < -0.39 is 6.10 Å². The Morgan fingerprint density at radius 2 is 2.14 bits per heavy atom. The first-order chi connectivity index (χ1) is 10.2. The molecule has 1 aromatic heterocycles. The van der Waals surface area contributed by atoms with Gasteiger partial charge in [0.2, 0.25) is 0 Å². The molecule has 0 aliphatic heterocycles. The number of amides is 1. The van der Waals surface area contributed by atoms with E-state index in [-0.39, 0.29) is 5.91 Å². The van der Waals surface area contributed by atoms with Gasteiger partial charge in [-0.05, 0) is 30.5 Å². The first-order valence-corrected chi connectivity index (χ1v) is 7.71. The van der Waals surface area contributed by atoms with E-state index in [1.807, 2.05) is 48.7 Å². The van der Waals surface area contributed by atoms with Crippen LogP contribution in [-0.4, -0.2) is 12.0 Å². The molecule has 0 saturated carbocycles. The summed E-state index contributed by atoms with van der Waals surface area (Å²) in [6.07, 6.45) is 1.62. The van der Waals surface area contributed by atoms with Crippen molar-refractivity contribution in [3.8, 4) is 5.75 Å². The lowest BCUT2D eigenvalue weighted by Crippen LogP contribution is -2.37. The van der Waals surface area contributed by atoms with E-state index in [9.17, 15) is 4.79 Å². The zero-order valence-electron chi connectivity index (χ0n) is 12.0. The standard InChI is InChI=1S/C17H19NO2S/c1-3-5-16(20-14-9-7-13(2)8-10-14)17(19)18-12-15-6-4-11-21-15/h3-4,6-11,16H,1,5,12H2,2H3,(H,18,19). The molecular weight excluding hydrogens is 282 g/mol. The monoisotopic (exact) mass is 301 g/mol. The minimum absolute atomic E-state index is 0.121. The van der Waals surface area contributed by atoms with Crippen molar-refractivity contribution in [2.75, 3.05) is 0 Å². The number of nitrogens with one attached hydrogen (secondary N) is 1. The molecule has 1 atom stereocenters. The number of hydrogen-bond acceptors (Lipinski definition) is 3. The van der Waals surface area contributed by atoms with E-state index in [0.717, 1.165) is 10.4 Å². The molecule has 0 radical (unpaired) electrons. The van der Waals surface area contributed by atoms with Crippen molar-refractivity contribution in [3.63, 3.8) is 0 Å². The highest BCUT2D eigenvalue weighted by Gasteiger charge is 2.18. The molecule has 0 aliphatic rings. The lowest BCUT2D eigenvalue weighted by atomic mass is 10.2. The summed E-state index contributed by atoms with van der Waals surface area (Å²) < 4.78 is 5.76. The predicted molar refractivity (Wildman–Crippen MR) is 86.6 cm³/mol. The Balaban J connectivity index is 1.95. The van der Waals surface area contributed by atoms with Crippen molar-refractivity contribution in [2.45, 2.75) is 26.0 Å². The molecule has 21 heavy (non-hydrogen) atoms. The van der Waals surface area contributed by atoms with Crippen LogP contribution in [0, 0.1) is 6.92 Å². The zero-order valence-corrected chi connectivity index (χ0v) is 12.9. The molecule has 2 aromatic rings. The molecule has 4 heteroatoms. The molecule has 1 aromatic carbocycles. The van der Waals surface area contributed by atoms with Gasteiger partial charge in [-0.25, -0.2) is 0 Å². The SMILES string of the molecule is C=CCC(Oc1ccc(C)cc1)C(=O)NCc1cccs1. The molecule has 2 rings (SSSR count). The van der Waals surface area contributed by atoms with E-state index in [1.54, 1.807) is 17.4 Å². The molecule has 0 spiro atoms. The van der Waals surface area contributed by atoms with Crippen LogP contribution in [0.15, 0.2) is 54.4 Å². The summed E-state index contributed by atoms with van der Waals surface area (Å²) in [6.45, 7) is 6.23. The average Bonchev–Trinajstić information content (AvgIpc) is 3.00.